The average molecular weight is 350 g/mol. The third-order valence-corrected chi connectivity index (χ3v) is 4.78. The van der Waals surface area contributed by atoms with Gasteiger partial charge in [0.25, 0.3) is 5.91 Å². The molecule has 0 aliphatic carbocycles. The van der Waals surface area contributed by atoms with Gasteiger partial charge in [-0.25, -0.2) is 4.98 Å². The highest BCUT2D eigenvalue weighted by molar-refractivity contribution is 7.99. The summed E-state index contributed by atoms with van der Waals surface area (Å²) in [6.45, 7) is 2.30. The molecule has 1 N–H and O–H groups in total. The molecule has 3 heterocycles. The van der Waals surface area contributed by atoms with Crippen molar-refractivity contribution in [2.75, 3.05) is 12.3 Å². The second kappa shape index (κ2) is 6.87. The maximum absolute atomic E-state index is 12.2. The zero-order valence-corrected chi connectivity index (χ0v) is 14.1. The van der Waals surface area contributed by atoms with E-state index in [0.29, 0.717) is 28.8 Å². The fourth-order valence-corrected chi connectivity index (χ4v) is 3.22. The van der Waals surface area contributed by atoms with Crippen molar-refractivity contribution in [2.45, 2.75) is 12.1 Å². The number of carbonyl (C=O) groups is 1. The number of amides is 1. The van der Waals surface area contributed by atoms with Crippen molar-refractivity contribution in [3.8, 4) is 5.13 Å². The Bertz CT molecular complexity index is 794. The lowest BCUT2D eigenvalue weighted by molar-refractivity contribution is 0.0950. The van der Waals surface area contributed by atoms with Crippen molar-refractivity contribution in [1.29, 1.82) is 0 Å². The fraction of sp³-hybridized carbons (Fsp3) is 0.333. The predicted octanol–water partition coefficient (Wildman–Crippen LogP) is 0.683. The van der Waals surface area contributed by atoms with Crippen LogP contribution in [0.1, 0.15) is 16.2 Å². The largest absolute Gasteiger partial charge is 0.350 e. The lowest BCUT2D eigenvalue weighted by Crippen LogP contribution is -2.27. The molecule has 1 amide bonds. The zero-order valence-electron chi connectivity index (χ0n) is 12.5. The fourth-order valence-electron chi connectivity index (χ4n) is 1.84. The van der Waals surface area contributed by atoms with Gasteiger partial charge in [0.1, 0.15) is 6.33 Å². The smallest absolute Gasteiger partial charge is 0.273 e. The van der Waals surface area contributed by atoms with E-state index in [1.54, 1.807) is 24.1 Å². The molecule has 0 unspecified atom stereocenters. The summed E-state index contributed by atoms with van der Waals surface area (Å²) in [5.41, 5.74) is 0.974. The Kier molecular flexibility index (Phi) is 4.67. The number of rotatable bonds is 6. The number of nitrogens with one attached hydrogen (secondary N) is 1. The molecule has 23 heavy (non-hydrogen) atoms. The number of carbonyl (C=O) groups excluding carboxylic acids is 1. The number of nitrogens with zero attached hydrogens (tertiary/aromatic N) is 7. The van der Waals surface area contributed by atoms with Gasteiger partial charge in [-0.3, -0.25) is 4.79 Å². The summed E-state index contributed by atoms with van der Waals surface area (Å²) in [6.07, 6.45) is 3.33. The van der Waals surface area contributed by atoms with Crippen LogP contribution in [0, 0.1) is 6.92 Å². The van der Waals surface area contributed by atoms with Gasteiger partial charge < -0.3 is 9.88 Å². The Morgan fingerprint density at radius 3 is 3.00 bits per heavy atom. The highest BCUT2D eigenvalue weighted by atomic mass is 32.2. The SMILES string of the molecule is Cc1c(C(=O)NCCSc2nncn2C)nnn1-c1nccs1. The molecule has 3 aromatic heterocycles. The summed E-state index contributed by atoms with van der Waals surface area (Å²) in [7, 11) is 1.88. The molecular formula is C12H14N8OS2. The van der Waals surface area contributed by atoms with E-state index in [-0.39, 0.29) is 5.91 Å². The van der Waals surface area contributed by atoms with E-state index in [4.69, 9.17) is 0 Å². The van der Waals surface area contributed by atoms with E-state index in [1.807, 2.05) is 17.0 Å². The third kappa shape index (κ3) is 3.40. The minimum atomic E-state index is -0.246. The molecule has 3 aromatic rings. The van der Waals surface area contributed by atoms with E-state index in [9.17, 15) is 4.79 Å². The molecule has 0 saturated carbocycles. The summed E-state index contributed by atoms with van der Waals surface area (Å²) in [5.74, 6) is 0.446. The third-order valence-electron chi connectivity index (χ3n) is 3.00. The van der Waals surface area contributed by atoms with Gasteiger partial charge in [-0.05, 0) is 6.92 Å². The predicted molar refractivity (Wildman–Crippen MR) is 85.8 cm³/mol. The molecule has 0 saturated heterocycles. The molecule has 120 valence electrons. The van der Waals surface area contributed by atoms with Crippen LogP contribution in [0.25, 0.3) is 5.13 Å². The van der Waals surface area contributed by atoms with E-state index < -0.39 is 0 Å². The summed E-state index contributed by atoms with van der Waals surface area (Å²) in [4.78, 5) is 16.4. The maximum Gasteiger partial charge on any atom is 0.273 e. The van der Waals surface area contributed by atoms with Crippen LogP contribution in [0.2, 0.25) is 0 Å². The molecule has 9 nitrogen and oxygen atoms in total. The van der Waals surface area contributed by atoms with E-state index in [0.717, 1.165) is 5.16 Å². The molecule has 0 aliphatic heterocycles. The molecular weight excluding hydrogens is 336 g/mol. The standard InChI is InChI=1S/C12H14N8OS2/c1-8-9(16-18-20(8)11-14-4-6-22-11)10(21)13-3-5-23-12-17-15-7-19(12)2/h4,6-7H,3,5H2,1-2H3,(H,13,21). The Morgan fingerprint density at radius 1 is 1.43 bits per heavy atom. The molecule has 0 radical (unpaired) electrons. The maximum atomic E-state index is 12.2. The van der Waals surface area contributed by atoms with Gasteiger partial charge in [0.05, 0.1) is 5.69 Å². The average Bonchev–Trinajstić information content (AvgIpc) is 3.25. The van der Waals surface area contributed by atoms with Crippen molar-refractivity contribution in [3.63, 3.8) is 0 Å². The second-order valence-electron chi connectivity index (χ2n) is 4.58. The molecule has 11 heteroatoms. The number of hydrogen-bond donors (Lipinski definition) is 1. The van der Waals surface area contributed by atoms with Crippen LogP contribution in [0.5, 0.6) is 0 Å². The number of thioether (sulfide) groups is 1. The van der Waals surface area contributed by atoms with Gasteiger partial charge in [-0.1, -0.05) is 17.0 Å². The summed E-state index contributed by atoms with van der Waals surface area (Å²) in [5, 5.41) is 21.9. The van der Waals surface area contributed by atoms with Crippen molar-refractivity contribution < 1.29 is 4.79 Å². The van der Waals surface area contributed by atoms with Crippen LogP contribution in [0.4, 0.5) is 0 Å². The Morgan fingerprint density at radius 2 is 2.30 bits per heavy atom. The molecule has 0 aromatic carbocycles. The number of hydrogen-bond acceptors (Lipinski definition) is 8. The van der Waals surface area contributed by atoms with Gasteiger partial charge >= 0.3 is 0 Å². The summed E-state index contributed by atoms with van der Waals surface area (Å²) >= 11 is 2.96. The number of aryl methyl sites for hydroxylation is 1. The second-order valence-corrected chi connectivity index (χ2v) is 6.51. The van der Waals surface area contributed by atoms with Crippen molar-refractivity contribution in [1.82, 2.24) is 40.1 Å². The minimum Gasteiger partial charge on any atom is -0.350 e. The lowest BCUT2D eigenvalue weighted by Gasteiger charge is -2.03. The number of thiazole rings is 1. The minimum absolute atomic E-state index is 0.246. The van der Waals surface area contributed by atoms with E-state index >= 15 is 0 Å². The molecule has 0 aliphatic rings. The van der Waals surface area contributed by atoms with Crippen LogP contribution in [0.15, 0.2) is 23.1 Å². The van der Waals surface area contributed by atoms with Crippen LogP contribution in [0.3, 0.4) is 0 Å². The topological polar surface area (TPSA) is 103 Å². The van der Waals surface area contributed by atoms with Crippen LogP contribution in [-0.4, -0.2) is 52.9 Å². The highest BCUT2D eigenvalue weighted by Crippen LogP contribution is 2.15. The highest BCUT2D eigenvalue weighted by Gasteiger charge is 2.17. The Hall–Kier alpha value is -2.27. The lowest BCUT2D eigenvalue weighted by atomic mass is 10.3. The number of aromatic nitrogens is 7. The summed E-state index contributed by atoms with van der Waals surface area (Å²) in [6, 6.07) is 0. The molecule has 0 bridgehead atoms. The molecule has 0 fully saturated rings. The normalized spacial score (nSPS) is 10.9. The summed E-state index contributed by atoms with van der Waals surface area (Å²) < 4.78 is 3.39. The van der Waals surface area contributed by atoms with Gasteiger partial charge in [-0.2, -0.15) is 4.68 Å². The molecule has 0 spiro atoms. The first-order valence-electron chi connectivity index (χ1n) is 6.74. The van der Waals surface area contributed by atoms with E-state index in [1.165, 1.54) is 23.1 Å². The van der Waals surface area contributed by atoms with Crippen LogP contribution in [-0.2, 0) is 7.05 Å². The Balaban J connectivity index is 1.56. The molecule has 0 atom stereocenters. The van der Waals surface area contributed by atoms with Gasteiger partial charge in [-0.15, -0.1) is 26.6 Å². The first-order valence-corrected chi connectivity index (χ1v) is 8.60. The van der Waals surface area contributed by atoms with Crippen LogP contribution < -0.4 is 5.32 Å². The first-order chi connectivity index (χ1) is 11.2. The molecule has 3 rings (SSSR count). The zero-order chi connectivity index (χ0) is 16.2. The van der Waals surface area contributed by atoms with Crippen molar-refractivity contribution >= 4 is 29.0 Å². The van der Waals surface area contributed by atoms with E-state index in [2.05, 4.69) is 30.8 Å². The van der Waals surface area contributed by atoms with Gasteiger partial charge in [0, 0.05) is 30.9 Å². The van der Waals surface area contributed by atoms with Crippen molar-refractivity contribution in [2.24, 2.45) is 7.05 Å². The monoisotopic (exact) mass is 350 g/mol. The first kappa shape index (κ1) is 15.6. The van der Waals surface area contributed by atoms with Gasteiger partial charge in [0.2, 0.25) is 5.13 Å². The van der Waals surface area contributed by atoms with Crippen LogP contribution >= 0.6 is 23.1 Å². The quantitative estimate of drug-likeness (QED) is 0.515. The van der Waals surface area contributed by atoms with Gasteiger partial charge in [0.15, 0.2) is 10.9 Å². The van der Waals surface area contributed by atoms with Crippen molar-refractivity contribution in [3.05, 3.63) is 29.3 Å². The Labute approximate surface area is 140 Å².